The average molecular weight is 546 g/mol. The van der Waals surface area contributed by atoms with Crippen LogP contribution >= 0.6 is 0 Å². The minimum absolute atomic E-state index is 0.183. The Labute approximate surface area is 225 Å². The second kappa shape index (κ2) is 12.3. The monoisotopic (exact) mass is 545 g/mol. The number of hydrogen-bond acceptors (Lipinski definition) is 6. The number of carboxylic acid groups (broad SMARTS) is 1. The molecule has 210 valence electrons. The average Bonchev–Trinajstić information content (AvgIpc) is 2.94. The van der Waals surface area contributed by atoms with E-state index in [1.807, 2.05) is 6.07 Å². The highest BCUT2D eigenvalue weighted by Crippen LogP contribution is 2.40. The second-order valence-corrected chi connectivity index (χ2v) is 10.2. The van der Waals surface area contributed by atoms with E-state index in [1.54, 1.807) is 25.4 Å². The minimum Gasteiger partial charge on any atom is -0.497 e. The molecule has 0 radical (unpaired) electrons. The van der Waals surface area contributed by atoms with Crippen molar-refractivity contribution < 1.29 is 32.9 Å². The van der Waals surface area contributed by atoms with Crippen LogP contribution in [0.3, 0.4) is 0 Å². The molecule has 10 heteroatoms. The van der Waals surface area contributed by atoms with E-state index in [0.29, 0.717) is 79.7 Å². The number of hydrogen-bond donors (Lipinski definition) is 3. The van der Waals surface area contributed by atoms with E-state index < -0.39 is 34.9 Å². The molecule has 0 unspecified atom stereocenters. The van der Waals surface area contributed by atoms with E-state index in [1.165, 1.54) is 0 Å². The number of fused-ring (bicyclic) bond motifs is 1. The van der Waals surface area contributed by atoms with Crippen LogP contribution in [0.15, 0.2) is 36.5 Å². The minimum atomic E-state index is -1.47. The van der Waals surface area contributed by atoms with Crippen molar-refractivity contribution in [2.45, 2.75) is 51.2 Å². The molecule has 1 aliphatic rings. The van der Waals surface area contributed by atoms with E-state index in [0.717, 1.165) is 17.5 Å². The number of aryl methyl sites for hydroxylation is 1. The number of nitrogens with two attached hydrogens (primary N) is 1. The van der Waals surface area contributed by atoms with Crippen molar-refractivity contribution in [1.29, 1.82) is 0 Å². The Kier molecular flexibility index (Phi) is 9.09. The van der Waals surface area contributed by atoms with Crippen molar-refractivity contribution in [3.8, 4) is 5.75 Å². The summed E-state index contributed by atoms with van der Waals surface area (Å²) in [4.78, 5) is 18.9. The number of aliphatic hydroxyl groups excluding tert-OH is 1. The van der Waals surface area contributed by atoms with Gasteiger partial charge in [0.1, 0.15) is 5.75 Å². The Hall–Kier alpha value is -3.21. The van der Waals surface area contributed by atoms with Crippen molar-refractivity contribution in [3.05, 3.63) is 70.7 Å². The van der Waals surface area contributed by atoms with Crippen LogP contribution in [0, 0.1) is 22.9 Å². The molecule has 0 bridgehead atoms. The Bertz CT molecular complexity index is 1300. The Morgan fingerprint density at radius 1 is 1.18 bits per heavy atom. The number of nitrogens with zero attached hydrogens (tertiary/aromatic N) is 2. The molecule has 3 aromatic rings. The van der Waals surface area contributed by atoms with Crippen molar-refractivity contribution in [3.63, 3.8) is 0 Å². The number of ether oxygens (including phenoxy) is 1. The number of carbonyl (C=O) groups is 1. The molecule has 4 N–H and O–H groups in total. The largest absolute Gasteiger partial charge is 0.497 e. The Balaban J connectivity index is 1.38. The molecule has 1 aliphatic heterocycles. The number of pyridine rings is 1. The van der Waals surface area contributed by atoms with Gasteiger partial charge in [-0.3, -0.25) is 9.78 Å². The molecule has 2 heterocycles. The van der Waals surface area contributed by atoms with Gasteiger partial charge in [-0.2, -0.15) is 0 Å². The molecule has 1 saturated heterocycles. The van der Waals surface area contributed by atoms with Crippen LogP contribution in [0.5, 0.6) is 5.75 Å². The van der Waals surface area contributed by atoms with Gasteiger partial charge in [0.15, 0.2) is 17.5 Å². The lowest BCUT2D eigenvalue weighted by Crippen LogP contribution is -2.44. The molecule has 4 rings (SSSR count). The van der Waals surface area contributed by atoms with Crippen LogP contribution < -0.4 is 10.5 Å². The predicted octanol–water partition coefficient (Wildman–Crippen LogP) is 4.73. The van der Waals surface area contributed by atoms with E-state index in [2.05, 4.69) is 9.88 Å². The lowest BCUT2D eigenvalue weighted by molar-refractivity contribution is -0.153. The number of benzene rings is 2. The van der Waals surface area contributed by atoms with E-state index in [-0.39, 0.29) is 13.0 Å². The van der Waals surface area contributed by atoms with Crippen LogP contribution in [0.2, 0.25) is 0 Å². The highest BCUT2D eigenvalue weighted by Gasteiger charge is 2.41. The maximum atomic E-state index is 13.5. The van der Waals surface area contributed by atoms with Crippen molar-refractivity contribution in [2.24, 2.45) is 11.1 Å². The fourth-order valence-corrected chi connectivity index (χ4v) is 5.51. The lowest BCUT2D eigenvalue weighted by atomic mass is 9.73. The number of halogens is 3. The van der Waals surface area contributed by atoms with Crippen LogP contribution in [0.25, 0.3) is 10.9 Å². The maximum absolute atomic E-state index is 13.5. The first kappa shape index (κ1) is 28.8. The summed E-state index contributed by atoms with van der Waals surface area (Å²) >= 11 is 0. The van der Waals surface area contributed by atoms with Gasteiger partial charge in [0, 0.05) is 18.1 Å². The third-order valence-corrected chi connectivity index (χ3v) is 7.90. The van der Waals surface area contributed by atoms with Gasteiger partial charge in [-0.05, 0) is 105 Å². The number of carboxylic acids is 1. The number of aliphatic hydroxyl groups is 1. The number of methoxy groups -OCH3 is 1. The van der Waals surface area contributed by atoms with E-state index >= 15 is 0 Å². The lowest BCUT2D eigenvalue weighted by Gasteiger charge is -2.39. The molecule has 7 nitrogen and oxygen atoms in total. The molecule has 1 fully saturated rings. The molecular weight excluding hydrogens is 511 g/mol. The van der Waals surface area contributed by atoms with Gasteiger partial charge in [0.05, 0.1) is 24.1 Å². The Morgan fingerprint density at radius 3 is 2.49 bits per heavy atom. The van der Waals surface area contributed by atoms with Gasteiger partial charge in [-0.25, -0.2) is 13.2 Å². The first-order valence-corrected chi connectivity index (χ1v) is 13.1. The highest BCUT2D eigenvalue weighted by atomic mass is 19.2. The zero-order chi connectivity index (χ0) is 28.2. The number of likely N-dealkylation sites (tertiary alicyclic amines) is 1. The molecule has 0 spiro atoms. The summed E-state index contributed by atoms with van der Waals surface area (Å²) in [6.45, 7) is 1.92. The number of piperidine rings is 1. The predicted molar refractivity (Wildman–Crippen MR) is 141 cm³/mol. The highest BCUT2D eigenvalue weighted by molar-refractivity contribution is 5.85. The molecule has 0 aliphatic carbocycles. The molecule has 0 saturated carbocycles. The zero-order valence-corrected chi connectivity index (χ0v) is 21.9. The topological polar surface area (TPSA) is 109 Å². The summed E-state index contributed by atoms with van der Waals surface area (Å²) in [6.07, 6.45) is 3.09. The van der Waals surface area contributed by atoms with Gasteiger partial charge in [-0.1, -0.05) is 0 Å². The maximum Gasteiger partial charge on any atom is 0.309 e. The second-order valence-electron chi connectivity index (χ2n) is 10.2. The van der Waals surface area contributed by atoms with Crippen molar-refractivity contribution in [2.75, 3.05) is 26.7 Å². The van der Waals surface area contributed by atoms with Crippen LogP contribution in [0.1, 0.15) is 54.9 Å². The zero-order valence-electron chi connectivity index (χ0n) is 21.9. The number of rotatable bonds is 11. The SMILES string of the molecule is COc1ccc2ncc(CN)c([C@@H](O)CCC3(C(=O)O)CCN(CCCc4cc(F)c(F)c(F)c4)CC3)c2c1. The van der Waals surface area contributed by atoms with Crippen LogP contribution in [0.4, 0.5) is 13.2 Å². The standard InChI is InChI=1S/C29H34F3N3O4/c1-39-20-4-5-24-21(15-20)26(19(16-33)17-34-24)25(36)6-7-29(28(37)38)8-11-35(12-9-29)10-2-3-18-13-22(30)27(32)23(31)14-18/h4-5,13-15,17,25,36H,2-3,6-12,16,33H2,1H3,(H,37,38)/t25-/m0/s1. The molecule has 39 heavy (non-hydrogen) atoms. The van der Waals surface area contributed by atoms with Gasteiger partial charge < -0.3 is 25.6 Å². The summed E-state index contributed by atoms with van der Waals surface area (Å²) in [5.74, 6) is -4.13. The van der Waals surface area contributed by atoms with Gasteiger partial charge in [-0.15, -0.1) is 0 Å². The fourth-order valence-electron chi connectivity index (χ4n) is 5.51. The molecular formula is C29H34F3N3O4. The van der Waals surface area contributed by atoms with Gasteiger partial charge in [0.2, 0.25) is 0 Å². The summed E-state index contributed by atoms with van der Waals surface area (Å²) in [7, 11) is 1.56. The Morgan fingerprint density at radius 2 is 1.87 bits per heavy atom. The third-order valence-electron chi connectivity index (χ3n) is 7.90. The number of aromatic nitrogens is 1. The van der Waals surface area contributed by atoms with Gasteiger partial charge >= 0.3 is 5.97 Å². The summed E-state index contributed by atoms with van der Waals surface area (Å²) in [5.41, 5.74) is 7.39. The van der Waals surface area contributed by atoms with E-state index in [4.69, 9.17) is 10.5 Å². The molecule has 1 aromatic heterocycles. The first-order chi connectivity index (χ1) is 18.7. The smallest absolute Gasteiger partial charge is 0.309 e. The summed E-state index contributed by atoms with van der Waals surface area (Å²) < 4.78 is 45.4. The summed E-state index contributed by atoms with van der Waals surface area (Å²) in [5, 5.41) is 22.1. The van der Waals surface area contributed by atoms with Crippen molar-refractivity contribution >= 4 is 16.9 Å². The van der Waals surface area contributed by atoms with Crippen LogP contribution in [-0.4, -0.2) is 52.8 Å². The molecule has 0 amide bonds. The normalized spacial score (nSPS) is 16.4. The first-order valence-electron chi connectivity index (χ1n) is 13.1. The third kappa shape index (κ3) is 6.34. The fraction of sp³-hybridized carbons (Fsp3) is 0.448. The van der Waals surface area contributed by atoms with Crippen LogP contribution in [-0.2, 0) is 17.8 Å². The van der Waals surface area contributed by atoms with Crippen molar-refractivity contribution in [1.82, 2.24) is 9.88 Å². The molecule has 2 aromatic carbocycles. The number of aliphatic carboxylic acids is 1. The molecule has 1 atom stereocenters. The quantitative estimate of drug-likeness (QED) is 0.299. The van der Waals surface area contributed by atoms with Gasteiger partial charge in [0.25, 0.3) is 0 Å². The summed E-state index contributed by atoms with van der Waals surface area (Å²) in [6, 6.07) is 7.42. The van der Waals surface area contributed by atoms with E-state index in [9.17, 15) is 28.2 Å².